The third-order valence-electron chi connectivity index (χ3n) is 2.53. The number of nitro benzene ring substituents is 1. The summed E-state index contributed by atoms with van der Waals surface area (Å²) in [5.74, 6) is -0.0171. The van der Waals surface area contributed by atoms with Crippen molar-refractivity contribution in [2.75, 3.05) is 18.4 Å². The molecular weight excluding hydrogens is 246 g/mol. The maximum absolute atomic E-state index is 11.4. The van der Waals surface area contributed by atoms with Crippen molar-refractivity contribution in [2.45, 2.75) is 26.7 Å². The van der Waals surface area contributed by atoms with E-state index in [1.54, 1.807) is 6.92 Å². The number of amides is 1. The lowest BCUT2D eigenvalue weighted by atomic mass is 10.2. The minimum absolute atomic E-state index is 0.0171. The SMILES string of the molecule is CCCNC(=O)CCNc1cc(C)cc([N+](=O)[O-])c1. The second kappa shape index (κ2) is 7.35. The van der Waals surface area contributed by atoms with Gasteiger partial charge in [0.25, 0.3) is 5.69 Å². The molecule has 0 aromatic heterocycles. The van der Waals surface area contributed by atoms with E-state index in [9.17, 15) is 14.9 Å². The quantitative estimate of drug-likeness (QED) is 0.585. The molecule has 0 saturated heterocycles. The van der Waals surface area contributed by atoms with Crippen LogP contribution >= 0.6 is 0 Å². The minimum atomic E-state index is -0.424. The molecule has 104 valence electrons. The number of nitro groups is 1. The zero-order valence-corrected chi connectivity index (χ0v) is 11.2. The van der Waals surface area contributed by atoms with Gasteiger partial charge >= 0.3 is 0 Å². The highest BCUT2D eigenvalue weighted by Crippen LogP contribution is 2.20. The molecule has 1 aromatic carbocycles. The zero-order valence-electron chi connectivity index (χ0n) is 11.2. The van der Waals surface area contributed by atoms with Gasteiger partial charge in [-0.1, -0.05) is 6.92 Å². The summed E-state index contributed by atoms with van der Waals surface area (Å²) in [6, 6.07) is 4.80. The molecule has 1 amide bonds. The van der Waals surface area contributed by atoms with E-state index in [4.69, 9.17) is 0 Å². The van der Waals surface area contributed by atoms with Gasteiger partial charge in [0.05, 0.1) is 4.92 Å². The molecule has 0 atom stereocenters. The highest BCUT2D eigenvalue weighted by Gasteiger charge is 2.08. The number of nitrogens with zero attached hydrogens (tertiary/aromatic N) is 1. The molecular formula is C13H19N3O3. The van der Waals surface area contributed by atoms with Crippen LogP contribution in [0.5, 0.6) is 0 Å². The Hall–Kier alpha value is -2.11. The van der Waals surface area contributed by atoms with Gasteiger partial charge < -0.3 is 10.6 Å². The molecule has 0 aliphatic heterocycles. The highest BCUT2D eigenvalue weighted by molar-refractivity contribution is 5.76. The number of carbonyl (C=O) groups excluding carboxylic acids is 1. The van der Waals surface area contributed by atoms with Crippen molar-refractivity contribution >= 4 is 17.3 Å². The molecule has 6 heteroatoms. The summed E-state index contributed by atoms with van der Waals surface area (Å²) in [7, 11) is 0. The standard InChI is InChI=1S/C13H19N3O3/c1-3-5-15-13(17)4-6-14-11-7-10(2)8-12(9-11)16(18)19/h7-9,14H,3-6H2,1-2H3,(H,15,17). The van der Waals surface area contributed by atoms with Gasteiger partial charge in [-0.2, -0.15) is 0 Å². The van der Waals surface area contributed by atoms with Gasteiger partial charge in [-0.05, 0) is 25.0 Å². The lowest BCUT2D eigenvalue weighted by molar-refractivity contribution is -0.384. The van der Waals surface area contributed by atoms with Crippen molar-refractivity contribution in [3.05, 3.63) is 33.9 Å². The van der Waals surface area contributed by atoms with E-state index >= 15 is 0 Å². The largest absolute Gasteiger partial charge is 0.384 e. The Morgan fingerprint density at radius 2 is 2.05 bits per heavy atom. The van der Waals surface area contributed by atoms with E-state index in [1.165, 1.54) is 12.1 Å². The van der Waals surface area contributed by atoms with E-state index in [-0.39, 0.29) is 11.6 Å². The minimum Gasteiger partial charge on any atom is -0.384 e. The Morgan fingerprint density at radius 3 is 2.68 bits per heavy atom. The van der Waals surface area contributed by atoms with Crippen LogP contribution in [-0.4, -0.2) is 23.9 Å². The molecule has 0 saturated carbocycles. The third kappa shape index (κ3) is 5.37. The number of hydrogen-bond donors (Lipinski definition) is 2. The van der Waals surface area contributed by atoms with Gasteiger partial charge in [0.1, 0.15) is 0 Å². The lowest BCUT2D eigenvalue weighted by Crippen LogP contribution is -2.25. The number of benzene rings is 1. The van der Waals surface area contributed by atoms with Crippen LogP contribution in [0.15, 0.2) is 18.2 Å². The average Bonchev–Trinajstić information content (AvgIpc) is 2.35. The highest BCUT2D eigenvalue weighted by atomic mass is 16.6. The number of anilines is 1. The molecule has 1 aromatic rings. The van der Waals surface area contributed by atoms with Crippen LogP contribution in [0, 0.1) is 17.0 Å². The molecule has 1 rings (SSSR count). The topological polar surface area (TPSA) is 84.3 Å². The molecule has 0 unspecified atom stereocenters. The average molecular weight is 265 g/mol. The van der Waals surface area contributed by atoms with Crippen molar-refractivity contribution in [1.82, 2.24) is 5.32 Å². The molecule has 0 aliphatic rings. The lowest BCUT2D eigenvalue weighted by Gasteiger charge is -2.07. The Bertz CT molecular complexity index is 460. The van der Waals surface area contributed by atoms with Crippen molar-refractivity contribution in [3.63, 3.8) is 0 Å². The summed E-state index contributed by atoms with van der Waals surface area (Å²) >= 11 is 0. The number of nitrogens with one attached hydrogen (secondary N) is 2. The van der Waals surface area contributed by atoms with Gasteiger partial charge in [0.15, 0.2) is 0 Å². The molecule has 19 heavy (non-hydrogen) atoms. The van der Waals surface area contributed by atoms with E-state index < -0.39 is 4.92 Å². The Morgan fingerprint density at radius 1 is 1.32 bits per heavy atom. The van der Waals surface area contributed by atoms with E-state index in [1.807, 2.05) is 13.0 Å². The van der Waals surface area contributed by atoms with Crippen LogP contribution in [0.3, 0.4) is 0 Å². The second-order valence-electron chi connectivity index (χ2n) is 4.34. The second-order valence-corrected chi connectivity index (χ2v) is 4.34. The summed E-state index contributed by atoms with van der Waals surface area (Å²) in [5.41, 5.74) is 1.53. The molecule has 0 aliphatic carbocycles. The number of aryl methyl sites for hydroxylation is 1. The van der Waals surface area contributed by atoms with Crippen LogP contribution in [0.25, 0.3) is 0 Å². The van der Waals surface area contributed by atoms with Gasteiger partial charge in [-0.3, -0.25) is 14.9 Å². The van der Waals surface area contributed by atoms with Crippen molar-refractivity contribution < 1.29 is 9.72 Å². The first-order valence-corrected chi connectivity index (χ1v) is 6.29. The molecule has 0 fully saturated rings. The summed E-state index contributed by atoms with van der Waals surface area (Å²) in [4.78, 5) is 21.7. The molecule has 2 N–H and O–H groups in total. The monoisotopic (exact) mass is 265 g/mol. The predicted molar refractivity (Wildman–Crippen MR) is 74.2 cm³/mol. The first-order valence-electron chi connectivity index (χ1n) is 6.29. The van der Waals surface area contributed by atoms with Gasteiger partial charge in [0, 0.05) is 37.3 Å². The summed E-state index contributed by atoms with van der Waals surface area (Å²) in [6.07, 6.45) is 1.25. The maximum atomic E-state index is 11.4. The van der Waals surface area contributed by atoms with Gasteiger partial charge in [0.2, 0.25) is 5.91 Å². The number of non-ortho nitro benzene ring substituents is 1. The van der Waals surface area contributed by atoms with Crippen molar-refractivity contribution in [2.24, 2.45) is 0 Å². The van der Waals surface area contributed by atoms with E-state index in [0.717, 1.165) is 12.0 Å². The smallest absolute Gasteiger partial charge is 0.271 e. The number of carbonyl (C=O) groups is 1. The number of hydrogen-bond acceptors (Lipinski definition) is 4. The Labute approximate surface area is 112 Å². The molecule has 0 bridgehead atoms. The van der Waals surface area contributed by atoms with Crippen LogP contribution in [0.2, 0.25) is 0 Å². The predicted octanol–water partition coefficient (Wildman–Crippen LogP) is 2.23. The van der Waals surface area contributed by atoms with E-state index in [0.29, 0.717) is 25.2 Å². The van der Waals surface area contributed by atoms with Crippen LogP contribution in [-0.2, 0) is 4.79 Å². The Kier molecular flexibility index (Phi) is 5.78. The van der Waals surface area contributed by atoms with Crippen molar-refractivity contribution in [3.8, 4) is 0 Å². The molecule has 0 heterocycles. The fourth-order valence-corrected chi connectivity index (χ4v) is 1.64. The third-order valence-corrected chi connectivity index (χ3v) is 2.53. The number of rotatable bonds is 7. The normalized spacial score (nSPS) is 10.0. The van der Waals surface area contributed by atoms with Gasteiger partial charge in [-0.15, -0.1) is 0 Å². The summed E-state index contributed by atoms with van der Waals surface area (Å²) < 4.78 is 0. The summed E-state index contributed by atoms with van der Waals surface area (Å²) in [5, 5.41) is 16.5. The fourth-order valence-electron chi connectivity index (χ4n) is 1.64. The van der Waals surface area contributed by atoms with Crippen LogP contribution < -0.4 is 10.6 Å². The molecule has 0 spiro atoms. The Balaban J connectivity index is 2.49. The van der Waals surface area contributed by atoms with Crippen LogP contribution in [0.4, 0.5) is 11.4 Å². The maximum Gasteiger partial charge on any atom is 0.271 e. The fraction of sp³-hybridized carbons (Fsp3) is 0.462. The molecule has 6 nitrogen and oxygen atoms in total. The molecule has 0 radical (unpaired) electrons. The van der Waals surface area contributed by atoms with Gasteiger partial charge in [-0.25, -0.2) is 0 Å². The zero-order chi connectivity index (χ0) is 14.3. The van der Waals surface area contributed by atoms with Crippen molar-refractivity contribution in [1.29, 1.82) is 0 Å². The summed E-state index contributed by atoms with van der Waals surface area (Å²) in [6.45, 7) is 4.92. The van der Waals surface area contributed by atoms with Crippen LogP contribution in [0.1, 0.15) is 25.3 Å². The first kappa shape index (κ1) is 14.9. The van der Waals surface area contributed by atoms with E-state index in [2.05, 4.69) is 10.6 Å². The first-order chi connectivity index (χ1) is 9.02.